The number of halogens is 3. The first-order valence-electron chi connectivity index (χ1n) is 8.42. The topological polar surface area (TPSA) is 29.1 Å². The molecular formula is C18H20BrF2NOS. The summed E-state index contributed by atoms with van der Waals surface area (Å²) >= 11 is 4.40. The van der Waals surface area contributed by atoms with Crippen LogP contribution in [0.1, 0.15) is 38.5 Å². The summed E-state index contributed by atoms with van der Waals surface area (Å²) in [6.07, 6.45) is 6.30. The molecule has 4 aliphatic rings. The van der Waals surface area contributed by atoms with Crippen LogP contribution < -0.4 is 5.32 Å². The molecule has 4 saturated carbocycles. The van der Waals surface area contributed by atoms with E-state index in [1.54, 1.807) is 24.3 Å². The van der Waals surface area contributed by atoms with Crippen molar-refractivity contribution in [1.82, 2.24) is 0 Å². The third-order valence-corrected chi connectivity index (χ3v) is 7.54. The Morgan fingerprint density at radius 2 is 1.88 bits per heavy atom. The number of amides is 1. The van der Waals surface area contributed by atoms with Gasteiger partial charge in [0.2, 0.25) is 5.91 Å². The van der Waals surface area contributed by atoms with Crippen LogP contribution >= 0.6 is 27.7 Å². The van der Waals surface area contributed by atoms with Gasteiger partial charge in [-0.15, -0.1) is 0 Å². The van der Waals surface area contributed by atoms with Gasteiger partial charge in [-0.25, -0.2) is 0 Å². The summed E-state index contributed by atoms with van der Waals surface area (Å²) in [5, 5.41) is 2.98. The highest BCUT2D eigenvalue weighted by Gasteiger charge is 2.59. The third kappa shape index (κ3) is 3.00. The minimum atomic E-state index is -2.49. The Labute approximate surface area is 153 Å². The molecule has 0 spiro atoms. The molecule has 4 bridgehead atoms. The largest absolute Gasteiger partial charge is 0.325 e. The van der Waals surface area contributed by atoms with Gasteiger partial charge < -0.3 is 5.32 Å². The summed E-state index contributed by atoms with van der Waals surface area (Å²) in [5.74, 6) is -1.25. The standard InChI is InChI=1S/C18H20BrF2NOS/c19-18-8-11-5-12(9-18)7-17(6-11,10-18)15(23)22-13-3-1-2-4-14(13)24-16(20)21/h1-4,11-12,16H,5-10H2,(H,22,23). The number of anilines is 1. The lowest BCUT2D eigenvalue weighted by molar-refractivity contribution is -0.138. The molecular weight excluding hydrogens is 396 g/mol. The summed E-state index contributed by atoms with van der Waals surface area (Å²) in [4.78, 5) is 13.5. The first-order valence-corrected chi connectivity index (χ1v) is 10.1. The van der Waals surface area contributed by atoms with E-state index in [0.29, 0.717) is 34.2 Å². The quantitative estimate of drug-likeness (QED) is 0.506. The van der Waals surface area contributed by atoms with Gasteiger partial charge in [-0.05, 0) is 62.5 Å². The molecule has 0 saturated heterocycles. The van der Waals surface area contributed by atoms with Gasteiger partial charge in [-0.1, -0.05) is 39.8 Å². The summed E-state index contributed by atoms with van der Waals surface area (Å²) in [6.45, 7) is 0. The number of para-hydroxylation sites is 1. The molecule has 24 heavy (non-hydrogen) atoms. The third-order valence-electron chi connectivity index (χ3n) is 5.82. The van der Waals surface area contributed by atoms with E-state index in [-0.39, 0.29) is 15.6 Å². The Bertz CT molecular complexity index is 654. The van der Waals surface area contributed by atoms with E-state index >= 15 is 0 Å². The Morgan fingerprint density at radius 1 is 1.21 bits per heavy atom. The van der Waals surface area contributed by atoms with E-state index in [2.05, 4.69) is 21.2 Å². The van der Waals surface area contributed by atoms with Crippen molar-refractivity contribution < 1.29 is 13.6 Å². The van der Waals surface area contributed by atoms with Crippen molar-refractivity contribution in [3.05, 3.63) is 24.3 Å². The van der Waals surface area contributed by atoms with Crippen molar-refractivity contribution in [2.45, 2.75) is 53.5 Å². The van der Waals surface area contributed by atoms with E-state index in [4.69, 9.17) is 0 Å². The van der Waals surface area contributed by atoms with E-state index in [1.165, 1.54) is 6.42 Å². The number of rotatable bonds is 4. The molecule has 0 heterocycles. The maximum absolute atomic E-state index is 13.1. The predicted molar refractivity (Wildman–Crippen MR) is 95.7 cm³/mol. The molecule has 130 valence electrons. The summed E-state index contributed by atoms with van der Waals surface area (Å²) in [6, 6.07) is 6.85. The van der Waals surface area contributed by atoms with Crippen LogP contribution in [-0.2, 0) is 4.79 Å². The van der Waals surface area contributed by atoms with Gasteiger partial charge in [0, 0.05) is 9.22 Å². The van der Waals surface area contributed by atoms with Gasteiger partial charge >= 0.3 is 0 Å². The molecule has 0 radical (unpaired) electrons. The van der Waals surface area contributed by atoms with E-state index in [9.17, 15) is 13.6 Å². The second-order valence-corrected chi connectivity index (χ2v) is 10.4. The number of hydrogen-bond donors (Lipinski definition) is 1. The second kappa shape index (κ2) is 5.97. The Hall–Kier alpha value is -0.620. The molecule has 1 aromatic rings. The summed E-state index contributed by atoms with van der Waals surface area (Å²) < 4.78 is 25.6. The Kier molecular flexibility index (Phi) is 4.19. The molecule has 1 N–H and O–H groups in total. The number of hydrogen-bond acceptors (Lipinski definition) is 2. The van der Waals surface area contributed by atoms with E-state index in [1.807, 2.05) is 0 Å². The van der Waals surface area contributed by atoms with Crippen molar-refractivity contribution in [2.24, 2.45) is 17.3 Å². The van der Waals surface area contributed by atoms with Crippen molar-refractivity contribution >= 4 is 39.3 Å². The molecule has 0 aromatic heterocycles. The fourth-order valence-corrected chi connectivity index (χ4v) is 7.49. The van der Waals surface area contributed by atoms with Gasteiger partial charge in [0.05, 0.1) is 11.1 Å². The minimum Gasteiger partial charge on any atom is -0.325 e. The van der Waals surface area contributed by atoms with E-state index in [0.717, 1.165) is 32.1 Å². The van der Waals surface area contributed by atoms with Crippen LogP contribution in [0, 0.1) is 17.3 Å². The number of benzene rings is 1. The van der Waals surface area contributed by atoms with Crippen LogP contribution in [0.2, 0.25) is 0 Å². The fraction of sp³-hybridized carbons (Fsp3) is 0.611. The normalized spacial score (nSPS) is 37.0. The lowest BCUT2D eigenvalue weighted by atomic mass is 9.49. The maximum atomic E-state index is 13.1. The number of carbonyl (C=O) groups excluding carboxylic acids is 1. The van der Waals surface area contributed by atoms with Crippen molar-refractivity contribution in [2.75, 3.05) is 5.32 Å². The number of thioether (sulfide) groups is 1. The molecule has 1 aromatic carbocycles. The summed E-state index contributed by atoms with van der Waals surface area (Å²) in [5.41, 5.74) is 0.170. The Morgan fingerprint density at radius 3 is 2.50 bits per heavy atom. The fourth-order valence-electron chi connectivity index (χ4n) is 5.44. The van der Waals surface area contributed by atoms with E-state index < -0.39 is 5.76 Å². The van der Waals surface area contributed by atoms with Crippen molar-refractivity contribution in [3.63, 3.8) is 0 Å². The summed E-state index contributed by atoms with van der Waals surface area (Å²) in [7, 11) is 0. The highest BCUT2D eigenvalue weighted by molar-refractivity contribution is 9.10. The van der Waals surface area contributed by atoms with Crippen molar-refractivity contribution in [3.8, 4) is 0 Å². The minimum absolute atomic E-state index is 0.0164. The monoisotopic (exact) mass is 415 g/mol. The van der Waals surface area contributed by atoms with Gasteiger partial charge in [0.25, 0.3) is 5.76 Å². The SMILES string of the molecule is O=C(Nc1ccccc1SC(F)F)C12CC3CC(CC(Br)(C3)C1)C2. The number of carbonyl (C=O) groups is 1. The highest BCUT2D eigenvalue weighted by atomic mass is 79.9. The first-order chi connectivity index (χ1) is 11.4. The van der Waals surface area contributed by atoms with Gasteiger partial charge in [-0.2, -0.15) is 8.78 Å². The molecule has 2 atom stereocenters. The molecule has 1 amide bonds. The molecule has 2 unspecified atom stereocenters. The maximum Gasteiger partial charge on any atom is 0.288 e. The zero-order valence-corrected chi connectivity index (χ0v) is 15.6. The molecule has 2 nitrogen and oxygen atoms in total. The average Bonchev–Trinajstić information content (AvgIpc) is 2.46. The van der Waals surface area contributed by atoms with Gasteiger partial charge in [-0.3, -0.25) is 4.79 Å². The average molecular weight is 416 g/mol. The molecule has 5 rings (SSSR count). The second-order valence-electron chi connectivity index (χ2n) is 7.72. The molecule has 0 aliphatic heterocycles. The molecule has 6 heteroatoms. The van der Waals surface area contributed by atoms with Crippen LogP contribution in [0.3, 0.4) is 0 Å². The lowest BCUT2D eigenvalue weighted by Crippen LogP contribution is -2.57. The zero-order valence-electron chi connectivity index (χ0n) is 13.2. The van der Waals surface area contributed by atoms with Crippen LogP contribution in [0.25, 0.3) is 0 Å². The number of alkyl halides is 3. The highest BCUT2D eigenvalue weighted by Crippen LogP contribution is 2.64. The number of nitrogens with one attached hydrogen (secondary N) is 1. The Balaban J connectivity index is 1.57. The lowest BCUT2D eigenvalue weighted by Gasteiger charge is -2.59. The predicted octanol–water partition coefficient (Wildman–Crippen LogP) is 5.67. The molecule has 4 aliphatic carbocycles. The smallest absolute Gasteiger partial charge is 0.288 e. The molecule has 4 fully saturated rings. The van der Waals surface area contributed by atoms with Gasteiger partial charge in [0.1, 0.15) is 0 Å². The van der Waals surface area contributed by atoms with Crippen LogP contribution in [-0.4, -0.2) is 16.0 Å². The van der Waals surface area contributed by atoms with Gasteiger partial charge in [0.15, 0.2) is 0 Å². The zero-order chi connectivity index (χ0) is 16.9. The van der Waals surface area contributed by atoms with Crippen molar-refractivity contribution in [1.29, 1.82) is 0 Å². The first kappa shape index (κ1) is 16.8. The van der Waals surface area contributed by atoms with Crippen LogP contribution in [0.4, 0.5) is 14.5 Å². The van der Waals surface area contributed by atoms with Crippen LogP contribution in [0.5, 0.6) is 0 Å². The van der Waals surface area contributed by atoms with Crippen LogP contribution in [0.15, 0.2) is 29.2 Å².